The van der Waals surface area contributed by atoms with Crippen molar-refractivity contribution in [3.05, 3.63) is 23.0 Å². The van der Waals surface area contributed by atoms with E-state index in [1.54, 1.807) is 16.8 Å². The molecule has 1 atom stereocenters. The van der Waals surface area contributed by atoms with Crippen LogP contribution in [0.4, 0.5) is 0 Å². The van der Waals surface area contributed by atoms with E-state index in [9.17, 15) is 9.90 Å². The molecule has 0 saturated heterocycles. The summed E-state index contributed by atoms with van der Waals surface area (Å²) >= 11 is 5.85. The maximum Gasteiger partial charge on any atom is 0.268 e. The summed E-state index contributed by atoms with van der Waals surface area (Å²) < 4.78 is 1.78. The van der Waals surface area contributed by atoms with Crippen LogP contribution in [0, 0.1) is 5.92 Å². The van der Waals surface area contributed by atoms with E-state index in [0.29, 0.717) is 17.3 Å². The molecule has 5 heteroatoms. The Labute approximate surface area is 107 Å². The van der Waals surface area contributed by atoms with Gasteiger partial charge in [-0.3, -0.25) is 4.79 Å². The Kier molecular flexibility index (Phi) is 5.02. The van der Waals surface area contributed by atoms with Gasteiger partial charge in [0, 0.05) is 19.3 Å². The average Bonchev–Trinajstić information content (AvgIpc) is 2.66. The van der Waals surface area contributed by atoms with Gasteiger partial charge < -0.3 is 15.0 Å². The number of carbonyl (C=O) groups is 1. The van der Waals surface area contributed by atoms with Crippen molar-refractivity contribution in [2.24, 2.45) is 5.92 Å². The van der Waals surface area contributed by atoms with Crippen molar-refractivity contribution in [2.75, 3.05) is 6.54 Å². The first kappa shape index (κ1) is 14.1. The third-order valence-electron chi connectivity index (χ3n) is 2.68. The molecule has 0 bridgehead atoms. The number of nitrogens with zero attached hydrogens (tertiary/aromatic N) is 1. The van der Waals surface area contributed by atoms with Crippen LogP contribution in [0.25, 0.3) is 0 Å². The normalized spacial score (nSPS) is 12.8. The SMILES string of the molecule is CCn1cc(Cl)cc1C(=O)NCC(O)C(C)C. The summed E-state index contributed by atoms with van der Waals surface area (Å²) in [5.74, 6) is -0.0877. The lowest BCUT2D eigenvalue weighted by Crippen LogP contribution is -2.35. The molecular formula is C12H19ClN2O2. The summed E-state index contributed by atoms with van der Waals surface area (Å²) in [7, 11) is 0. The van der Waals surface area contributed by atoms with Crippen molar-refractivity contribution >= 4 is 17.5 Å². The number of amides is 1. The molecule has 1 rings (SSSR count). The highest BCUT2D eigenvalue weighted by Gasteiger charge is 2.15. The molecule has 0 saturated carbocycles. The fourth-order valence-electron chi connectivity index (χ4n) is 1.45. The summed E-state index contributed by atoms with van der Waals surface area (Å²) in [4.78, 5) is 11.9. The molecule has 0 aliphatic heterocycles. The van der Waals surface area contributed by atoms with Crippen LogP contribution < -0.4 is 5.32 Å². The number of aliphatic hydroxyl groups is 1. The summed E-state index contributed by atoms with van der Waals surface area (Å²) in [6.45, 7) is 6.69. The van der Waals surface area contributed by atoms with Gasteiger partial charge in [-0.05, 0) is 18.9 Å². The number of aliphatic hydroxyl groups excluding tert-OH is 1. The van der Waals surface area contributed by atoms with Gasteiger partial charge in [-0.2, -0.15) is 0 Å². The predicted molar refractivity (Wildman–Crippen MR) is 68.3 cm³/mol. The van der Waals surface area contributed by atoms with Gasteiger partial charge in [0.25, 0.3) is 5.91 Å². The Hall–Kier alpha value is -1.00. The van der Waals surface area contributed by atoms with Gasteiger partial charge in [-0.15, -0.1) is 0 Å². The van der Waals surface area contributed by atoms with Crippen LogP contribution in [0.5, 0.6) is 0 Å². The van der Waals surface area contributed by atoms with E-state index < -0.39 is 6.10 Å². The Balaban J connectivity index is 2.63. The van der Waals surface area contributed by atoms with E-state index in [2.05, 4.69) is 5.32 Å². The Bertz CT molecular complexity index is 388. The van der Waals surface area contributed by atoms with Gasteiger partial charge >= 0.3 is 0 Å². The number of aromatic nitrogens is 1. The molecule has 1 unspecified atom stereocenters. The minimum absolute atomic E-state index is 0.122. The van der Waals surface area contributed by atoms with Crippen molar-refractivity contribution in [3.8, 4) is 0 Å². The molecule has 0 spiro atoms. The largest absolute Gasteiger partial charge is 0.391 e. The molecule has 1 aromatic rings. The van der Waals surface area contributed by atoms with Gasteiger partial charge in [-0.1, -0.05) is 25.4 Å². The van der Waals surface area contributed by atoms with Crippen LogP contribution >= 0.6 is 11.6 Å². The zero-order valence-corrected chi connectivity index (χ0v) is 11.2. The molecule has 1 amide bonds. The van der Waals surface area contributed by atoms with Crippen LogP contribution in [-0.2, 0) is 6.54 Å². The third kappa shape index (κ3) is 3.75. The minimum atomic E-state index is -0.528. The van der Waals surface area contributed by atoms with Crippen molar-refractivity contribution in [3.63, 3.8) is 0 Å². The van der Waals surface area contributed by atoms with Gasteiger partial charge in [0.15, 0.2) is 0 Å². The van der Waals surface area contributed by atoms with Crippen LogP contribution in [0.3, 0.4) is 0 Å². The maximum absolute atomic E-state index is 11.9. The second-order valence-electron chi connectivity index (χ2n) is 4.35. The van der Waals surface area contributed by atoms with Crippen LogP contribution in [0.2, 0.25) is 5.02 Å². The zero-order valence-electron chi connectivity index (χ0n) is 10.4. The Morgan fingerprint density at radius 3 is 2.76 bits per heavy atom. The first-order chi connectivity index (χ1) is 7.95. The van der Waals surface area contributed by atoms with Gasteiger partial charge in [0.05, 0.1) is 11.1 Å². The standard InChI is InChI=1S/C12H19ClN2O2/c1-4-15-7-9(13)5-10(15)12(17)14-6-11(16)8(2)3/h5,7-8,11,16H,4,6H2,1-3H3,(H,14,17). The summed E-state index contributed by atoms with van der Waals surface area (Å²) in [6, 6.07) is 1.63. The number of carbonyl (C=O) groups excluding carboxylic acids is 1. The van der Waals surface area contributed by atoms with Crippen LogP contribution in [-0.4, -0.2) is 28.2 Å². The molecule has 1 aromatic heterocycles. The van der Waals surface area contributed by atoms with E-state index in [0.717, 1.165) is 0 Å². The molecule has 4 nitrogen and oxygen atoms in total. The summed E-state index contributed by atoms with van der Waals surface area (Å²) in [6.07, 6.45) is 1.19. The smallest absolute Gasteiger partial charge is 0.268 e. The third-order valence-corrected chi connectivity index (χ3v) is 2.88. The second kappa shape index (κ2) is 6.07. The number of hydrogen-bond donors (Lipinski definition) is 2. The van der Waals surface area contributed by atoms with Gasteiger partial charge in [-0.25, -0.2) is 0 Å². The van der Waals surface area contributed by atoms with Crippen molar-refractivity contribution < 1.29 is 9.90 Å². The van der Waals surface area contributed by atoms with Gasteiger partial charge in [0.2, 0.25) is 0 Å². The monoisotopic (exact) mass is 258 g/mol. The minimum Gasteiger partial charge on any atom is -0.391 e. The molecular weight excluding hydrogens is 240 g/mol. The van der Waals surface area contributed by atoms with E-state index in [4.69, 9.17) is 11.6 Å². The quantitative estimate of drug-likeness (QED) is 0.848. The highest BCUT2D eigenvalue weighted by Crippen LogP contribution is 2.14. The molecule has 0 radical (unpaired) electrons. The molecule has 0 aliphatic rings. The molecule has 17 heavy (non-hydrogen) atoms. The lowest BCUT2D eigenvalue weighted by Gasteiger charge is -2.15. The summed E-state index contributed by atoms with van der Waals surface area (Å²) in [5, 5.41) is 12.8. The Morgan fingerprint density at radius 2 is 2.24 bits per heavy atom. The van der Waals surface area contributed by atoms with Crippen molar-refractivity contribution in [1.29, 1.82) is 0 Å². The van der Waals surface area contributed by atoms with Crippen LogP contribution in [0.1, 0.15) is 31.3 Å². The number of halogens is 1. The topological polar surface area (TPSA) is 54.3 Å². The molecule has 0 fully saturated rings. The molecule has 2 N–H and O–H groups in total. The van der Waals surface area contributed by atoms with Crippen molar-refractivity contribution in [2.45, 2.75) is 33.4 Å². The highest BCUT2D eigenvalue weighted by atomic mass is 35.5. The number of aryl methyl sites for hydroxylation is 1. The number of hydrogen-bond acceptors (Lipinski definition) is 2. The average molecular weight is 259 g/mol. The second-order valence-corrected chi connectivity index (χ2v) is 4.79. The van der Waals surface area contributed by atoms with E-state index in [-0.39, 0.29) is 18.4 Å². The first-order valence-corrected chi connectivity index (χ1v) is 6.15. The molecule has 96 valence electrons. The van der Waals surface area contributed by atoms with Crippen molar-refractivity contribution in [1.82, 2.24) is 9.88 Å². The van der Waals surface area contributed by atoms with Gasteiger partial charge in [0.1, 0.15) is 5.69 Å². The number of rotatable bonds is 5. The fraction of sp³-hybridized carbons (Fsp3) is 0.583. The van der Waals surface area contributed by atoms with E-state index >= 15 is 0 Å². The number of nitrogens with one attached hydrogen (secondary N) is 1. The highest BCUT2D eigenvalue weighted by molar-refractivity contribution is 6.31. The molecule has 1 heterocycles. The van der Waals surface area contributed by atoms with E-state index in [1.807, 2.05) is 20.8 Å². The summed E-state index contributed by atoms with van der Waals surface area (Å²) in [5.41, 5.74) is 0.522. The van der Waals surface area contributed by atoms with Crippen LogP contribution in [0.15, 0.2) is 12.3 Å². The molecule has 0 aromatic carbocycles. The zero-order chi connectivity index (χ0) is 13.0. The Morgan fingerprint density at radius 1 is 1.59 bits per heavy atom. The predicted octanol–water partition coefficient (Wildman–Crippen LogP) is 1.91. The maximum atomic E-state index is 11.9. The van der Waals surface area contributed by atoms with E-state index in [1.165, 1.54) is 0 Å². The fourth-order valence-corrected chi connectivity index (χ4v) is 1.67. The lowest BCUT2D eigenvalue weighted by molar-refractivity contribution is 0.0863. The lowest BCUT2D eigenvalue weighted by atomic mass is 10.1. The first-order valence-electron chi connectivity index (χ1n) is 5.77. The molecule has 0 aliphatic carbocycles.